The third kappa shape index (κ3) is 8.95. The first kappa shape index (κ1) is 25.7. The van der Waals surface area contributed by atoms with Gasteiger partial charge in [-0.25, -0.2) is 0 Å². The first-order valence-corrected chi connectivity index (χ1v) is 19.7. The Kier molecular flexibility index (Phi) is 7.92. The van der Waals surface area contributed by atoms with Crippen LogP contribution in [0.3, 0.4) is 0 Å². The van der Waals surface area contributed by atoms with Crippen LogP contribution < -0.4 is 5.19 Å². The average molecular weight is 861 g/mol. The molecule has 0 aliphatic heterocycles. The molecule has 7 rings (SSSR count). The number of rotatable bonds is 6. The average Bonchev–Trinajstić information content (AvgIpc) is 3.55. The van der Waals surface area contributed by atoms with E-state index in [9.17, 15) is 0 Å². The van der Waals surface area contributed by atoms with Crippen LogP contribution in [0.25, 0.3) is 44.5 Å². The maximum atomic E-state index is 8.88. The molecular weight excluding hydrogens is 805 g/mol. The Labute approximate surface area is 326 Å². The molecule has 0 unspecified atom stereocenters. The molecule has 0 spiro atoms. The van der Waals surface area contributed by atoms with Gasteiger partial charge in [0.2, 0.25) is 0 Å². The standard InChI is InChI=1S/C23H22NO.C22H24NSi.Ir/c1-15-8-9-17-18-6-5-7-19(22(18)25-21(17)12-15)20-13-16(10-11-24-20)14-23(2,3)4;1-17-10-12-19(13-11-17)21-15-20(14-18-8-6-5-7-9-18)22(16-23-21)24(2,3)4;/h5-6,8-13H,14H2,1-4H3;5-12,15-16H,14H2,1-4H3;/q2*-1;/i2*1D3,14D2;. The first-order valence-electron chi connectivity index (χ1n) is 21.2. The van der Waals surface area contributed by atoms with Gasteiger partial charge in [-0.05, 0) is 64.8 Å². The molecule has 5 heteroatoms. The predicted molar refractivity (Wildman–Crippen MR) is 209 cm³/mol. The number of pyridine rings is 2. The van der Waals surface area contributed by atoms with E-state index in [1.54, 1.807) is 79.1 Å². The molecule has 4 aromatic carbocycles. The van der Waals surface area contributed by atoms with Crippen molar-refractivity contribution in [1.29, 1.82) is 0 Å². The molecule has 257 valence electrons. The number of aromatic nitrogens is 2. The summed E-state index contributed by atoms with van der Waals surface area (Å²) in [6, 6.07) is 33.8. The van der Waals surface area contributed by atoms with Crippen molar-refractivity contribution < 1.29 is 38.2 Å². The molecule has 7 aromatic rings. The molecule has 3 heterocycles. The minimum absolute atomic E-state index is 0. The molecule has 0 atom stereocenters. The molecule has 0 aliphatic rings. The van der Waals surface area contributed by atoms with Crippen LogP contribution in [0.5, 0.6) is 0 Å². The maximum absolute atomic E-state index is 8.88. The van der Waals surface area contributed by atoms with E-state index >= 15 is 0 Å². The number of nitrogens with zero attached hydrogens (tertiary/aromatic N) is 2. The molecule has 0 saturated carbocycles. The minimum Gasteiger partial charge on any atom is -0.501 e. The van der Waals surface area contributed by atoms with E-state index in [2.05, 4.69) is 41.7 Å². The molecule has 0 bridgehead atoms. The number of fused-ring (bicyclic) bond motifs is 3. The van der Waals surface area contributed by atoms with Crippen molar-refractivity contribution in [2.75, 3.05) is 0 Å². The topological polar surface area (TPSA) is 38.9 Å². The molecule has 3 nitrogen and oxygen atoms in total. The minimum atomic E-state index is -2.21. The zero-order valence-corrected chi connectivity index (χ0v) is 32.4. The summed E-state index contributed by atoms with van der Waals surface area (Å²) in [5, 5.41) is 2.62. The SMILES string of the molecule is [2H]C([2H])([2H])c1c[c-]c(-c2cc(C([2H])([2H])c3ccccc3)c([Si](C)(C)C)cn2)cc1.[2H]C([2H])([2H])c1ccc2c(c1)oc1c(-c3cc(C([2H])([2H])C(C)(C)C)ccn3)[c-]ccc12.[Ir]. The summed E-state index contributed by atoms with van der Waals surface area (Å²) in [4.78, 5) is 9.01. The molecule has 3 aromatic heterocycles. The van der Waals surface area contributed by atoms with Crippen LogP contribution in [0.15, 0.2) is 114 Å². The quantitative estimate of drug-likeness (QED) is 0.124. The number of hydrogen-bond donors (Lipinski definition) is 0. The second-order valence-electron chi connectivity index (χ2n) is 14.1. The summed E-state index contributed by atoms with van der Waals surface area (Å²) < 4.78 is 86.4. The Morgan fingerprint density at radius 3 is 2.28 bits per heavy atom. The van der Waals surface area contributed by atoms with Gasteiger partial charge >= 0.3 is 0 Å². The molecular formula is C45H46IrN2OSi-2. The second kappa shape index (κ2) is 15.4. The van der Waals surface area contributed by atoms with Gasteiger partial charge in [-0.2, -0.15) is 0 Å². The molecule has 0 N–H and O–H groups in total. The van der Waals surface area contributed by atoms with Crippen LogP contribution in [-0.4, -0.2) is 18.0 Å². The van der Waals surface area contributed by atoms with Crippen molar-refractivity contribution in [3.63, 3.8) is 0 Å². The van der Waals surface area contributed by atoms with E-state index < -0.39 is 39.9 Å². The van der Waals surface area contributed by atoms with Gasteiger partial charge in [0, 0.05) is 51.6 Å². The van der Waals surface area contributed by atoms with Crippen LogP contribution in [0.4, 0.5) is 0 Å². The van der Waals surface area contributed by atoms with Crippen LogP contribution in [0.2, 0.25) is 19.6 Å². The Balaban J connectivity index is 0.000000224. The first-order chi connectivity index (χ1) is 27.3. The summed E-state index contributed by atoms with van der Waals surface area (Å²) in [5.41, 5.74) is 5.03. The third-order valence-corrected chi connectivity index (χ3v) is 9.84. The fourth-order valence-corrected chi connectivity index (χ4v) is 6.97. The monoisotopic (exact) mass is 861 g/mol. The smallest absolute Gasteiger partial charge is 0.121 e. The zero-order valence-electron chi connectivity index (χ0n) is 39.0. The summed E-state index contributed by atoms with van der Waals surface area (Å²) in [6.07, 6.45) is 0.147. The number of furan rings is 1. The van der Waals surface area contributed by atoms with Gasteiger partial charge in [0.05, 0.1) is 13.7 Å². The van der Waals surface area contributed by atoms with Crippen molar-refractivity contribution >= 4 is 35.2 Å². The van der Waals surface area contributed by atoms with Gasteiger partial charge in [0.1, 0.15) is 5.58 Å². The number of benzene rings is 4. The molecule has 1 radical (unpaired) electrons. The Morgan fingerprint density at radius 2 is 1.58 bits per heavy atom. The van der Waals surface area contributed by atoms with E-state index in [4.69, 9.17) is 18.1 Å². The summed E-state index contributed by atoms with van der Waals surface area (Å²) in [7, 11) is -1.87. The van der Waals surface area contributed by atoms with E-state index in [1.165, 1.54) is 6.07 Å². The van der Waals surface area contributed by atoms with Gasteiger partial charge in [0.25, 0.3) is 0 Å². The number of aryl methyl sites for hydroxylation is 2. The predicted octanol–water partition coefficient (Wildman–Crippen LogP) is 11.3. The van der Waals surface area contributed by atoms with E-state index in [1.807, 2.05) is 45.0 Å². The van der Waals surface area contributed by atoms with E-state index in [0.29, 0.717) is 50.4 Å². The molecule has 0 aliphatic carbocycles. The van der Waals surface area contributed by atoms with Crippen molar-refractivity contribution in [2.24, 2.45) is 5.41 Å². The van der Waals surface area contributed by atoms with Gasteiger partial charge in [-0.3, -0.25) is 0 Å². The summed E-state index contributed by atoms with van der Waals surface area (Å²) >= 11 is 0. The van der Waals surface area contributed by atoms with Gasteiger partial charge in [-0.15, -0.1) is 53.6 Å². The van der Waals surface area contributed by atoms with E-state index in [-0.39, 0.29) is 31.2 Å². The van der Waals surface area contributed by atoms with Crippen LogP contribution in [0.1, 0.15) is 62.3 Å². The third-order valence-electron chi connectivity index (χ3n) is 7.82. The Hall–Kier alpha value is -4.15. The fourth-order valence-electron chi connectivity index (χ4n) is 5.57. The van der Waals surface area contributed by atoms with Gasteiger partial charge < -0.3 is 14.4 Å². The van der Waals surface area contributed by atoms with Crippen molar-refractivity contribution in [1.82, 2.24) is 9.97 Å². The maximum Gasteiger partial charge on any atom is 0.121 e. The summed E-state index contributed by atoms with van der Waals surface area (Å²) in [6.45, 7) is 7.71. The van der Waals surface area contributed by atoms with Gasteiger partial charge in [-0.1, -0.05) is 124 Å². The van der Waals surface area contributed by atoms with Gasteiger partial charge in [0.15, 0.2) is 0 Å². The van der Waals surface area contributed by atoms with Crippen LogP contribution >= 0.6 is 0 Å². The largest absolute Gasteiger partial charge is 0.501 e. The van der Waals surface area contributed by atoms with Crippen molar-refractivity contribution in [3.05, 3.63) is 149 Å². The summed E-state index contributed by atoms with van der Waals surface area (Å²) in [5.74, 6) is 0. The second-order valence-corrected chi connectivity index (χ2v) is 19.1. The Bertz CT molecular complexity index is 2610. The molecule has 50 heavy (non-hydrogen) atoms. The normalized spacial score (nSPS) is 15.6. The van der Waals surface area contributed by atoms with Crippen LogP contribution in [0, 0.1) is 31.3 Å². The zero-order chi connectivity index (χ0) is 43.3. The molecule has 0 saturated heterocycles. The fraction of sp³-hybridized carbons (Fsp3) is 0.244. The van der Waals surface area contributed by atoms with Crippen molar-refractivity contribution in [3.8, 4) is 22.5 Å². The van der Waals surface area contributed by atoms with E-state index in [0.717, 1.165) is 16.0 Å². The molecule has 0 fully saturated rings. The molecule has 0 amide bonds. The Morgan fingerprint density at radius 1 is 0.800 bits per heavy atom. The number of hydrogen-bond acceptors (Lipinski definition) is 3. The van der Waals surface area contributed by atoms with Crippen LogP contribution in [-0.2, 0) is 32.9 Å². The van der Waals surface area contributed by atoms with Crippen molar-refractivity contribution in [2.45, 2.75) is 66.9 Å².